The molecule has 0 aliphatic carbocycles. The van der Waals surface area contributed by atoms with E-state index in [1.807, 2.05) is 0 Å². The molecule has 0 heterocycles. The molecule has 0 aliphatic heterocycles. The molecule has 0 bridgehead atoms. The Morgan fingerprint density at radius 1 is 0.618 bits per heavy atom. The first-order valence-corrected chi connectivity index (χ1v) is 8.53. The first-order chi connectivity index (χ1) is 15.9. The highest BCUT2D eigenvalue weighted by Crippen LogP contribution is 2.40. The Morgan fingerprint density at radius 3 is 1.35 bits per heavy atom. The molecule has 12 heteroatoms. The fourth-order valence-electron chi connectivity index (χ4n) is 3.01. The molecule has 0 fully saturated rings. The number of alkyl halides is 6. The summed E-state index contributed by atoms with van der Waals surface area (Å²) < 4.78 is 80.9. The molecule has 6 nitrogen and oxygen atoms in total. The second-order valence-corrected chi connectivity index (χ2v) is 6.31. The van der Waals surface area contributed by atoms with Gasteiger partial charge in [-0.1, -0.05) is 0 Å². The Labute approximate surface area is 186 Å². The number of hydrogen-bond acceptors (Lipinski definition) is 6. The van der Waals surface area contributed by atoms with E-state index in [1.54, 1.807) is 12.1 Å². The van der Waals surface area contributed by atoms with Crippen LogP contribution in [0.15, 0.2) is 24.3 Å². The second-order valence-electron chi connectivity index (χ2n) is 6.31. The lowest BCUT2D eigenvalue weighted by Gasteiger charge is -2.17. The molecule has 2 aromatic carbocycles. The third-order valence-corrected chi connectivity index (χ3v) is 4.40. The van der Waals surface area contributed by atoms with Crippen molar-refractivity contribution in [2.45, 2.75) is 12.4 Å². The Balaban J connectivity index is 3.28. The molecule has 0 unspecified atom stereocenters. The van der Waals surface area contributed by atoms with Gasteiger partial charge in [-0.2, -0.15) is 57.9 Å². The number of rotatable bonds is 1. The SMILES string of the molecule is N#CC(C#N)=c1cc(C#N)c(=C(C#N)c2cc(C(F)(F)F)c(C#N)c(C(F)(F)F)c2)c(C#N)c1. The summed E-state index contributed by atoms with van der Waals surface area (Å²) in [6.07, 6.45) is -10.8. The molecule has 164 valence electrons. The van der Waals surface area contributed by atoms with Crippen molar-refractivity contribution in [1.82, 2.24) is 0 Å². The summed E-state index contributed by atoms with van der Waals surface area (Å²) in [6, 6.07) is 10.5. The fraction of sp³-hybridized carbons (Fsp3) is 0.0909. The van der Waals surface area contributed by atoms with Crippen molar-refractivity contribution in [1.29, 1.82) is 31.6 Å². The van der Waals surface area contributed by atoms with E-state index in [0.717, 1.165) is 18.2 Å². The zero-order valence-corrected chi connectivity index (χ0v) is 16.3. The van der Waals surface area contributed by atoms with Crippen LogP contribution in [0.4, 0.5) is 26.3 Å². The van der Waals surface area contributed by atoms with Gasteiger partial charge < -0.3 is 0 Å². The van der Waals surface area contributed by atoms with Gasteiger partial charge in [-0.15, -0.1) is 0 Å². The first-order valence-electron chi connectivity index (χ1n) is 8.53. The van der Waals surface area contributed by atoms with Crippen molar-refractivity contribution in [3.8, 4) is 36.4 Å². The van der Waals surface area contributed by atoms with Crippen molar-refractivity contribution in [3.05, 3.63) is 68.1 Å². The number of halogens is 6. The summed E-state index contributed by atoms with van der Waals surface area (Å²) >= 11 is 0. The van der Waals surface area contributed by atoms with Gasteiger partial charge in [-0.05, 0) is 29.8 Å². The third-order valence-electron chi connectivity index (χ3n) is 4.40. The monoisotopic (exact) mass is 466 g/mol. The van der Waals surface area contributed by atoms with Crippen LogP contribution < -0.4 is 10.4 Å². The molecular weight excluding hydrogens is 462 g/mol. The maximum atomic E-state index is 13.5. The maximum absolute atomic E-state index is 13.5. The Hall–Kier alpha value is -5.30. The molecule has 0 radical (unpaired) electrons. The van der Waals surface area contributed by atoms with Gasteiger partial charge in [0.15, 0.2) is 0 Å². The summed E-state index contributed by atoms with van der Waals surface area (Å²) in [6.45, 7) is 0. The third kappa shape index (κ3) is 4.49. The molecule has 2 rings (SSSR count). The standard InChI is InChI=1S/C22H4F6N6/c23-21(24,25)18-3-12(4-19(17(18)10-34)22(26,27)28)16(9-33)20-13(5-29)1-11(2-14(20)6-30)15(7-31)8-32/h1-4H. The van der Waals surface area contributed by atoms with Crippen LogP contribution in [0.2, 0.25) is 0 Å². The minimum absolute atomic E-state index is 0.144. The molecule has 0 spiro atoms. The van der Waals surface area contributed by atoms with Gasteiger partial charge in [0, 0.05) is 10.4 Å². The Kier molecular flexibility index (Phi) is 6.65. The summed E-state index contributed by atoms with van der Waals surface area (Å²) in [5.41, 5.74) is -9.13. The van der Waals surface area contributed by atoms with Crippen LogP contribution in [0, 0.1) is 68.0 Å². The lowest BCUT2D eigenvalue weighted by atomic mass is 9.91. The molecular formula is C22H4F6N6. The van der Waals surface area contributed by atoms with Crippen LogP contribution in [0.25, 0.3) is 11.1 Å². The van der Waals surface area contributed by atoms with E-state index in [0.29, 0.717) is 0 Å². The highest BCUT2D eigenvalue weighted by Gasteiger charge is 2.42. The molecule has 0 amide bonds. The van der Waals surface area contributed by atoms with E-state index in [9.17, 15) is 42.1 Å². The molecule has 2 aromatic rings. The lowest BCUT2D eigenvalue weighted by molar-refractivity contribution is -0.143. The van der Waals surface area contributed by atoms with Crippen LogP contribution >= 0.6 is 0 Å². The minimum Gasteiger partial charge on any atom is -0.192 e. The Morgan fingerprint density at radius 2 is 1.06 bits per heavy atom. The molecule has 0 aliphatic rings. The number of benzene rings is 2. The number of hydrogen-bond donors (Lipinski definition) is 0. The molecule has 0 saturated heterocycles. The average Bonchev–Trinajstić information content (AvgIpc) is 2.78. The van der Waals surface area contributed by atoms with Gasteiger partial charge in [0.25, 0.3) is 0 Å². The van der Waals surface area contributed by atoms with Gasteiger partial charge in [0.05, 0.1) is 45.5 Å². The maximum Gasteiger partial charge on any atom is 0.417 e. The van der Waals surface area contributed by atoms with Gasteiger partial charge in [-0.3, -0.25) is 0 Å². The molecule has 0 aromatic heterocycles. The van der Waals surface area contributed by atoms with Crippen LogP contribution in [0.1, 0.15) is 33.4 Å². The van der Waals surface area contributed by atoms with Crippen molar-refractivity contribution >= 4 is 11.1 Å². The summed E-state index contributed by atoms with van der Waals surface area (Å²) in [7, 11) is 0. The fourth-order valence-corrected chi connectivity index (χ4v) is 3.01. The lowest BCUT2D eigenvalue weighted by Crippen LogP contribution is -2.23. The summed E-state index contributed by atoms with van der Waals surface area (Å²) in [5.74, 6) is 0. The zero-order valence-electron chi connectivity index (χ0n) is 16.3. The van der Waals surface area contributed by atoms with Gasteiger partial charge in [0.1, 0.15) is 29.8 Å². The molecule has 0 atom stereocenters. The van der Waals surface area contributed by atoms with Crippen LogP contribution in [-0.2, 0) is 12.4 Å². The van der Waals surface area contributed by atoms with Gasteiger partial charge in [-0.25, -0.2) is 0 Å². The molecule has 0 N–H and O–H groups in total. The van der Waals surface area contributed by atoms with Crippen LogP contribution in [-0.4, -0.2) is 0 Å². The number of nitrogens with zero attached hydrogens (tertiary/aromatic N) is 6. The molecule has 34 heavy (non-hydrogen) atoms. The summed E-state index contributed by atoms with van der Waals surface area (Å²) in [5, 5.41) is 54.7. The number of nitriles is 6. The predicted molar refractivity (Wildman–Crippen MR) is 99.0 cm³/mol. The molecule has 0 saturated carbocycles. The quantitative estimate of drug-likeness (QED) is 0.591. The normalized spacial score (nSPS) is 10.5. The topological polar surface area (TPSA) is 143 Å². The van der Waals surface area contributed by atoms with Crippen molar-refractivity contribution in [2.24, 2.45) is 0 Å². The smallest absolute Gasteiger partial charge is 0.192 e. The second kappa shape index (κ2) is 9.05. The van der Waals surface area contributed by atoms with Crippen molar-refractivity contribution in [2.75, 3.05) is 0 Å². The van der Waals surface area contributed by atoms with E-state index in [4.69, 9.17) is 15.8 Å². The van der Waals surface area contributed by atoms with Crippen molar-refractivity contribution in [3.63, 3.8) is 0 Å². The zero-order chi connectivity index (χ0) is 25.8. The average molecular weight is 466 g/mol. The van der Waals surface area contributed by atoms with Crippen LogP contribution in [0.3, 0.4) is 0 Å². The van der Waals surface area contributed by atoms with Crippen molar-refractivity contribution < 1.29 is 26.3 Å². The van der Waals surface area contributed by atoms with E-state index in [1.165, 1.54) is 18.2 Å². The van der Waals surface area contributed by atoms with E-state index < -0.39 is 62.1 Å². The predicted octanol–water partition coefficient (Wildman–Crippen LogP) is 3.26. The highest BCUT2D eigenvalue weighted by atomic mass is 19.4. The minimum atomic E-state index is -5.41. The largest absolute Gasteiger partial charge is 0.417 e. The highest BCUT2D eigenvalue weighted by molar-refractivity contribution is 5.81. The van der Waals surface area contributed by atoms with Gasteiger partial charge in [0.2, 0.25) is 0 Å². The van der Waals surface area contributed by atoms with E-state index >= 15 is 0 Å². The van der Waals surface area contributed by atoms with E-state index in [-0.39, 0.29) is 17.4 Å². The van der Waals surface area contributed by atoms with Crippen LogP contribution in [0.5, 0.6) is 0 Å². The van der Waals surface area contributed by atoms with E-state index in [2.05, 4.69) is 0 Å². The summed E-state index contributed by atoms with van der Waals surface area (Å²) in [4.78, 5) is 0. The Bertz CT molecular complexity index is 1500. The van der Waals surface area contributed by atoms with Gasteiger partial charge >= 0.3 is 12.4 Å². The first kappa shape index (κ1) is 25.0.